The molecule has 0 spiro atoms. The van der Waals surface area contributed by atoms with E-state index in [0.717, 1.165) is 36.1 Å². The van der Waals surface area contributed by atoms with Gasteiger partial charge in [0.25, 0.3) is 0 Å². The van der Waals surface area contributed by atoms with Crippen LogP contribution in [0.1, 0.15) is 44.9 Å². The molecule has 1 aromatic heterocycles. The van der Waals surface area contributed by atoms with Crippen molar-refractivity contribution in [2.75, 3.05) is 18.8 Å². The second-order valence-corrected chi connectivity index (χ2v) is 7.86. The Labute approximate surface area is 152 Å². The molecule has 1 N–H and O–H groups in total. The van der Waals surface area contributed by atoms with E-state index in [-0.39, 0.29) is 17.7 Å². The Morgan fingerprint density at radius 1 is 1.32 bits per heavy atom. The van der Waals surface area contributed by atoms with E-state index in [9.17, 15) is 9.59 Å². The van der Waals surface area contributed by atoms with Crippen LogP contribution in [-0.4, -0.2) is 56.4 Å². The first kappa shape index (κ1) is 18.2. The molecule has 1 aliphatic heterocycles. The Hall–Kier alpha value is -1.57. The third kappa shape index (κ3) is 4.16. The molecule has 1 aromatic rings. The van der Waals surface area contributed by atoms with Gasteiger partial charge in [0, 0.05) is 37.8 Å². The highest BCUT2D eigenvalue weighted by Crippen LogP contribution is 2.29. The minimum absolute atomic E-state index is 0.00239. The van der Waals surface area contributed by atoms with Crippen LogP contribution in [-0.2, 0) is 16.1 Å². The van der Waals surface area contributed by atoms with E-state index >= 15 is 0 Å². The Morgan fingerprint density at radius 3 is 2.80 bits per heavy atom. The zero-order chi connectivity index (χ0) is 17.8. The third-order valence-corrected chi connectivity index (χ3v) is 6.11. The summed E-state index contributed by atoms with van der Waals surface area (Å²) in [6, 6.07) is 0.365. The van der Waals surface area contributed by atoms with Gasteiger partial charge in [-0.15, -0.1) is 10.2 Å². The van der Waals surface area contributed by atoms with Crippen molar-refractivity contribution in [3.05, 3.63) is 5.82 Å². The van der Waals surface area contributed by atoms with Gasteiger partial charge in [0.05, 0.1) is 5.92 Å². The summed E-state index contributed by atoms with van der Waals surface area (Å²) in [5, 5.41) is 12.1. The molecular formula is C17H27N5O2S. The number of carbonyl (C=O) groups excluding carboxylic acids is 2. The molecule has 1 saturated heterocycles. The second-order valence-electron chi connectivity index (χ2n) is 6.80. The lowest BCUT2D eigenvalue weighted by molar-refractivity contribution is -0.130. The van der Waals surface area contributed by atoms with E-state index in [1.165, 1.54) is 12.8 Å². The summed E-state index contributed by atoms with van der Waals surface area (Å²) >= 11 is 1.60. The second kappa shape index (κ2) is 8.21. The summed E-state index contributed by atoms with van der Waals surface area (Å²) in [5.74, 6) is 1.61. The smallest absolute Gasteiger partial charge is 0.225 e. The average molecular weight is 366 g/mol. The molecule has 1 atom stereocenters. The fraction of sp³-hybridized carbons (Fsp3) is 0.765. The summed E-state index contributed by atoms with van der Waals surface area (Å²) in [5.41, 5.74) is 0. The van der Waals surface area contributed by atoms with Crippen molar-refractivity contribution in [3.8, 4) is 0 Å². The number of aryl methyl sites for hydroxylation is 1. The van der Waals surface area contributed by atoms with Crippen molar-refractivity contribution in [1.82, 2.24) is 25.0 Å². The van der Waals surface area contributed by atoms with Gasteiger partial charge in [-0.1, -0.05) is 24.6 Å². The number of hydrogen-bond donors (Lipinski definition) is 1. The van der Waals surface area contributed by atoms with Crippen molar-refractivity contribution in [1.29, 1.82) is 0 Å². The standard InChI is InChI=1S/C17H27N5O2S/c1-3-21-12(2)19-20-17(21)25-9-8-18-16(24)13-10-15(23)22(11-13)14-6-4-5-7-14/h13-14H,3-11H2,1-2H3,(H,18,24)/t13-/m0/s1. The Kier molecular flexibility index (Phi) is 5.98. The van der Waals surface area contributed by atoms with Crippen molar-refractivity contribution < 1.29 is 9.59 Å². The minimum Gasteiger partial charge on any atom is -0.355 e. The number of thioether (sulfide) groups is 1. The number of nitrogens with one attached hydrogen (secondary N) is 1. The van der Waals surface area contributed by atoms with Crippen LogP contribution in [0.15, 0.2) is 5.16 Å². The number of nitrogens with zero attached hydrogens (tertiary/aromatic N) is 4. The van der Waals surface area contributed by atoms with E-state index in [1.54, 1.807) is 11.8 Å². The van der Waals surface area contributed by atoms with Crippen molar-refractivity contribution in [2.45, 2.75) is 63.7 Å². The summed E-state index contributed by atoms with van der Waals surface area (Å²) in [7, 11) is 0. The van der Waals surface area contributed by atoms with Crippen LogP contribution in [0.5, 0.6) is 0 Å². The molecule has 8 heteroatoms. The molecule has 2 heterocycles. The lowest BCUT2D eigenvalue weighted by Crippen LogP contribution is -2.37. The van der Waals surface area contributed by atoms with Gasteiger partial charge in [-0.2, -0.15) is 0 Å². The van der Waals surface area contributed by atoms with Gasteiger partial charge in [0.1, 0.15) is 5.82 Å². The quantitative estimate of drug-likeness (QED) is 0.586. The van der Waals surface area contributed by atoms with Crippen LogP contribution in [0.4, 0.5) is 0 Å². The van der Waals surface area contributed by atoms with Crippen molar-refractivity contribution in [2.24, 2.45) is 5.92 Å². The van der Waals surface area contributed by atoms with Gasteiger partial charge in [0.15, 0.2) is 5.16 Å². The molecule has 25 heavy (non-hydrogen) atoms. The highest BCUT2D eigenvalue weighted by molar-refractivity contribution is 7.99. The Bertz CT molecular complexity index is 627. The number of aromatic nitrogens is 3. The van der Waals surface area contributed by atoms with Gasteiger partial charge in [0.2, 0.25) is 11.8 Å². The summed E-state index contributed by atoms with van der Waals surface area (Å²) in [6.07, 6.45) is 4.94. The van der Waals surface area contributed by atoms with Crippen LogP contribution in [0, 0.1) is 12.8 Å². The summed E-state index contributed by atoms with van der Waals surface area (Å²) < 4.78 is 2.06. The van der Waals surface area contributed by atoms with Crippen LogP contribution in [0.3, 0.4) is 0 Å². The zero-order valence-electron chi connectivity index (χ0n) is 15.0. The third-order valence-electron chi connectivity index (χ3n) is 5.15. The molecule has 2 fully saturated rings. The minimum atomic E-state index is -0.195. The number of likely N-dealkylation sites (tertiary alicyclic amines) is 1. The highest BCUT2D eigenvalue weighted by Gasteiger charge is 2.38. The molecule has 1 saturated carbocycles. The first-order valence-electron chi connectivity index (χ1n) is 9.20. The average Bonchev–Trinajstić information content (AvgIpc) is 3.31. The first-order chi connectivity index (χ1) is 12.1. The van der Waals surface area contributed by atoms with Gasteiger partial charge >= 0.3 is 0 Å². The normalized spacial score (nSPS) is 21.3. The summed E-state index contributed by atoms with van der Waals surface area (Å²) in [4.78, 5) is 26.5. The molecule has 3 rings (SSSR count). The first-order valence-corrected chi connectivity index (χ1v) is 10.2. The molecule has 2 amide bonds. The number of amides is 2. The van der Waals surface area contributed by atoms with Gasteiger partial charge in [-0.25, -0.2) is 0 Å². The SMILES string of the molecule is CCn1c(C)nnc1SCCNC(=O)[C@H]1CC(=O)N(C2CCCC2)C1. The number of rotatable bonds is 7. The van der Waals surface area contributed by atoms with Crippen LogP contribution in [0.2, 0.25) is 0 Å². The predicted octanol–water partition coefficient (Wildman–Crippen LogP) is 1.61. The van der Waals surface area contributed by atoms with E-state index < -0.39 is 0 Å². The zero-order valence-corrected chi connectivity index (χ0v) is 15.8. The molecule has 0 bridgehead atoms. The molecule has 0 radical (unpaired) electrons. The monoisotopic (exact) mass is 365 g/mol. The van der Waals surface area contributed by atoms with Gasteiger partial charge < -0.3 is 14.8 Å². The Balaban J connectivity index is 1.41. The lowest BCUT2D eigenvalue weighted by atomic mass is 10.1. The largest absolute Gasteiger partial charge is 0.355 e. The highest BCUT2D eigenvalue weighted by atomic mass is 32.2. The number of hydrogen-bond acceptors (Lipinski definition) is 5. The predicted molar refractivity (Wildman–Crippen MR) is 96.2 cm³/mol. The van der Waals surface area contributed by atoms with Crippen LogP contribution in [0.25, 0.3) is 0 Å². The topological polar surface area (TPSA) is 80.1 Å². The fourth-order valence-corrected chi connectivity index (χ4v) is 4.67. The maximum absolute atomic E-state index is 12.4. The molecule has 2 aliphatic rings. The lowest BCUT2D eigenvalue weighted by Gasteiger charge is -2.23. The van der Waals surface area contributed by atoms with Crippen LogP contribution >= 0.6 is 11.8 Å². The van der Waals surface area contributed by atoms with Crippen molar-refractivity contribution in [3.63, 3.8) is 0 Å². The Morgan fingerprint density at radius 2 is 2.08 bits per heavy atom. The van der Waals surface area contributed by atoms with Gasteiger partial charge in [-0.05, 0) is 26.7 Å². The molecule has 0 unspecified atom stereocenters. The van der Waals surface area contributed by atoms with E-state index in [2.05, 4.69) is 27.0 Å². The van der Waals surface area contributed by atoms with E-state index in [1.807, 2.05) is 11.8 Å². The molecule has 7 nitrogen and oxygen atoms in total. The summed E-state index contributed by atoms with van der Waals surface area (Å²) in [6.45, 7) is 6.01. The molecule has 1 aliphatic carbocycles. The number of carbonyl (C=O) groups is 2. The molecule has 0 aromatic carbocycles. The maximum atomic E-state index is 12.4. The fourth-order valence-electron chi connectivity index (χ4n) is 3.77. The molecular weight excluding hydrogens is 338 g/mol. The van der Waals surface area contributed by atoms with Gasteiger partial charge in [-0.3, -0.25) is 9.59 Å². The van der Waals surface area contributed by atoms with Crippen LogP contribution < -0.4 is 5.32 Å². The van der Waals surface area contributed by atoms with Crippen molar-refractivity contribution >= 4 is 23.6 Å². The van der Waals surface area contributed by atoms with E-state index in [4.69, 9.17) is 0 Å². The maximum Gasteiger partial charge on any atom is 0.225 e. The van der Waals surface area contributed by atoms with E-state index in [0.29, 0.717) is 25.6 Å². The molecule has 138 valence electrons.